The summed E-state index contributed by atoms with van der Waals surface area (Å²) >= 11 is 0. The summed E-state index contributed by atoms with van der Waals surface area (Å²) in [6.07, 6.45) is 1.37. The Morgan fingerprint density at radius 3 is 2.09 bits per heavy atom. The van der Waals surface area contributed by atoms with E-state index in [1.165, 1.54) is 20.4 Å². The van der Waals surface area contributed by atoms with Gasteiger partial charge >= 0.3 is 5.97 Å². The number of anilines is 3. The molecule has 13 nitrogen and oxygen atoms in total. The molecule has 1 aromatic carbocycles. The van der Waals surface area contributed by atoms with Crippen LogP contribution < -0.4 is 24.7 Å². The van der Waals surface area contributed by atoms with Crippen molar-refractivity contribution in [3.8, 4) is 11.5 Å². The number of carbonyl (C=O) groups is 1. The fourth-order valence-electron chi connectivity index (χ4n) is 3.64. The smallest absolute Gasteiger partial charge is 0.340 e. The van der Waals surface area contributed by atoms with Gasteiger partial charge in [-0.15, -0.1) is 0 Å². The first kappa shape index (κ1) is 23.4. The van der Waals surface area contributed by atoms with Crippen molar-refractivity contribution in [1.29, 1.82) is 0 Å². The fourth-order valence-corrected chi connectivity index (χ4v) is 3.64. The van der Waals surface area contributed by atoms with E-state index < -0.39 is 5.97 Å². The van der Waals surface area contributed by atoms with Crippen molar-refractivity contribution in [2.45, 2.75) is 0 Å². The Bertz CT molecular complexity index is 1000. The molecule has 13 heteroatoms. The van der Waals surface area contributed by atoms with Crippen LogP contribution in [0.5, 0.6) is 11.5 Å². The number of carboxylic acid groups (broad SMARTS) is 1. The van der Waals surface area contributed by atoms with Gasteiger partial charge in [0.1, 0.15) is 5.56 Å². The third kappa shape index (κ3) is 5.26. The van der Waals surface area contributed by atoms with Crippen molar-refractivity contribution >= 4 is 30.0 Å². The number of nitrogens with one attached hydrogen (secondary N) is 1. The average molecular weight is 473 g/mol. The zero-order valence-corrected chi connectivity index (χ0v) is 19.1. The molecule has 0 atom stereocenters. The van der Waals surface area contributed by atoms with Gasteiger partial charge in [0.25, 0.3) is 0 Å². The molecule has 2 saturated heterocycles. The standard InChI is InChI=1S/C21H27N7O6/c1-31-15-4-3-14(16(18(29)30)17(15)32-2)13-22-26-19-23-20(27-5-9-33-10-6-27)25-21(24-19)28-7-11-34-12-8-28/h3-4,13H,5-12H2,1-2H3,(H,29,30)(H,23,24,25,26). The maximum Gasteiger partial charge on any atom is 0.340 e. The van der Waals surface area contributed by atoms with Crippen LogP contribution in [0.3, 0.4) is 0 Å². The van der Waals surface area contributed by atoms with Gasteiger partial charge in [0.2, 0.25) is 17.8 Å². The van der Waals surface area contributed by atoms with Crippen LogP contribution in [0.15, 0.2) is 17.2 Å². The molecule has 3 heterocycles. The van der Waals surface area contributed by atoms with Crippen LogP contribution >= 0.6 is 0 Å². The van der Waals surface area contributed by atoms with Gasteiger partial charge in [0.15, 0.2) is 11.5 Å². The van der Waals surface area contributed by atoms with Crippen molar-refractivity contribution in [2.24, 2.45) is 5.10 Å². The monoisotopic (exact) mass is 473 g/mol. The quantitative estimate of drug-likeness (QED) is 0.411. The number of rotatable bonds is 8. The van der Waals surface area contributed by atoms with Crippen molar-refractivity contribution in [3.63, 3.8) is 0 Å². The van der Waals surface area contributed by atoms with E-state index in [-0.39, 0.29) is 17.3 Å². The SMILES string of the molecule is COc1ccc(C=NNc2nc(N3CCOCC3)nc(N3CCOCC3)n2)c(C(=O)O)c1OC. The van der Waals surface area contributed by atoms with Crippen LogP contribution in [0.25, 0.3) is 0 Å². The third-order valence-electron chi connectivity index (χ3n) is 5.36. The Morgan fingerprint density at radius 1 is 1.00 bits per heavy atom. The summed E-state index contributed by atoms with van der Waals surface area (Å²) in [5.74, 6) is 0.550. The molecule has 0 spiro atoms. The molecule has 0 radical (unpaired) electrons. The molecule has 0 amide bonds. The van der Waals surface area contributed by atoms with Gasteiger partial charge in [0.05, 0.1) is 46.9 Å². The number of benzene rings is 1. The molecule has 2 aromatic rings. The van der Waals surface area contributed by atoms with Gasteiger partial charge in [-0.05, 0) is 12.1 Å². The largest absolute Gasteiger partial charge is 0.493 e. The number of methoxy groups -OCH3 is 2. The third-order valence-corrected chi connectivity index (χ3v) is 5.36. The lowest BCUT2D eigenvalue weighted by Crippen LogP contribution is -2.40. The summed E-state index contributed by atoms with van der Waals surface area (Å²) < 4.78 is 21.3. The summed E-state index contributed by atoms with van der Waals surface area (Å²) in [6, 6.07) is 3.20. The molecule has 0 unspecified atom stereocenters. The number of aromatic nitrogens is 3. The fraction of sp³-hybridized carbons (Fsp3) is 0.476. The Kier molecular flexibility index (Phi) is 7.54. The predicted octanol–water partition coefficient (Wildman–Crippen LogP) is 0.706. The number of hydrazone groups is 1. The second kappa shape index (κ2) is 10.9. The molecule has 0 aliphatic carbocycles. The number of hydrogen-bond donors (Lipinski definition) is 2. The van der Waals surface area contributed by atoms with E-state index in [1.807, 2.05) is 9.80 Å². The number of aromatic carboxylic acids is 1. The van der Waals surface area contributed by atoms with E-state index in [4.69, 9.17) is 18.9 Å². The molecule has 2 N–H and O–H groups in total. The zero-order chi connectivity index (χ0) is 23.9. The minimum atomic E-state index is -1.17. The first-order valence-corrected chi connectivity index (χ1v) is 10.8. The Hall–Kier alpha value is -3.71. The van der Waals surface area contributed by atoms with Crippen LogP contribution in [-0.2, 0) is 9.47 Å². The van der Waals surface area contributed by atoms with Gasteiger partial charge in [-0.3, -0.25) is 0 Å². The molecule has 34 heavy (non-hydrogen) atoms. The number of ether oxygens (including phenoxy) is 4. The minimum Gasteiger partial charge on any atom is -0.493 e. The Morgan fingerprint density at radius 2 is 1.59 bits per heavy atom. The second-order valence-corrected chi connectivity index (χ2v) is 7.40. The summed E-state index contributed by atoms with van der Waals surface area (Å²) in [4.78, 5) is 29.6. The summed E-state index contributed by atoms with van der Waals surface area (Å²) in [5, 5.41) is 13.9. The zero-order valence-electron chi connectivity index (χ0n) is 19.1. The van der Waals surface area contributed by atoms with Crippen molar-refractivity contribution in [2.75, 3.05) is 82.1 Å². The van der Waals surface area contributed by atoms with E-state index in [0.717, 1.165) is 0 Å². The highest BCUT2D eigenvalue weighted by Crippen LogP contribution is 2.33. The maximum atomic E-state index is 11.9. The lowest BCUT2D eigenvalue weighted by atomic mass is 10.1. The molecule has 0 bridgehead atoms. The molecule has 2 fully saturated rings. The van der Waals surface area contributed by atoms with E-state index in [9.17, 15) is 9.90 Å². The van der Waals surface area contributed by atoms with E-state index in [0.29, 0.717) is 75.8 Å². The number of carboxylic acids is 1. The van der Waals surface area contributed by atoms with Crippen molar-refractivity contribution in [3.05, 3.63) is 23.3 Å². The van der Waals surface area contributed by atoms with Crippen molar-refractivity contribution in [1.82, 2.24) is 15.0 Å². The topological polar surface area (TPSA) is 144 Å². The molecule has 0 saturated carbocycles. The van der Waals surface area contributed by atoms with Gasteiger partial charge in [-0.2, -0.15) is 20.1 Å². The lowest BCUT2D eigenvalue weighted by molar-refractivity contribution is 0.0692. The highest BCUT2D eigenvalue weighted by molar-refractivity contribution is 6.01. The molecule has 182 valence electrons. The highest BCUT2D eigenvalue weighted by atomic mass is 16.5. The van der Waals surface area contributed by atoms with E-state index in [2.05, 4.69) is 25.5 Å². The van der Waals surface area contributed by atoms with Gasteiger partial charge in [-0.25, -0.2) is 10.2 Å². The average Bonchev–Trinajstić information content (AvgIpc) is 2.89. The minimum absolute atomic E-state index is 0.0638. The lowest BCUT2D eigenvalue weighted by Gasteiger charge is -2.30. The normalized spacial score (nSPS) is 16.5. The Labute approximate surface area is 196 Å². The van der Waals surface area contributed by atoms with Crippen LogP contribution in [0.2, 0.25) is 0 Å². The molecule has 2 aliphatic rings. The van der Waals surface area contributed by atoms with Crippen LogP contribution in [0.1, 0.15) is 15.9 Å². The molecule has 1 aromatic heterocycles. The van der Waals surface area contributed by atoms with E-state index >= 15 is 0 Å². The molecular weight excluding hydrogens is 446 g/mol. The number of hydrogen-bond acceptors (Lipinski definition) is 12. The summed E-state index contributed by atoms with van der Waals surface area (Å²) in [6.45, 7) is 5.05. The molecule has 2 aliphatic heterocycles. The van der Waals surface area contributed by atoms with Crippen molar-refractivity contribution < 1.29 is 28.8 Å². The number of morpholine rings is 2. The van der Waals surface area contributed by atoms with Crippen LogP contribution in [0, 0.1) is 0 Å². The van der Waals surface area contributed by atoms with Crippen LogP contribution in [-0.4, -0.2) is 99.1 Å². The van der Waals surface area contributed by atoms with Gasteiger partial charge < -0.3 is 33.9 Å². The number of nitrogens with zero attached hydrogens (tertiary/aromatic N) is 6. The van der Waals surface area contributed by atoms with Gasteiger partial charge in [0, 0.05) is 31.7 Å². The first-order valence-electron chi connectivity index (χ1n) is 10.8. The molecular formula is C21H27N7O6. The second-order valence-electron chi connectivity index (χ2n) is 7.40. The van der Waals surface area contributed by atoms with Crippen LogP contribution in [0.4, 0.5) is 17.8 Å². The summed E-state index contributed by atoms with van der Waals surface area (Å²) in [5.41, 5.74) is 3.07. The maximum absolute atomic E-state index is 11.9. The van der Waals surface area contributed by atoms with Gasteiger partial charge in [-0.1, -0.05) is 0 Å². The first-order chi connectivity index (χ1) is 16.6. The van der Waals surface area contributed by atoms with E-state index in [1.54, 1.807) is 12.1 Å². The predicted molar refractivity (Wildman–Crippen MR) is 124 cm³/mol. The highest BCUT2D eigenvalue weighted by Gasteiger charge is 2.22. The molecule has 4 rings (SSSR count). The Balaban J connectivity index is 1.61. The summed E-state index contributed by atoms with van der Waals surface area (Å²) in [7, 11) is 2.83.